The van der Waals surface area contributed by atoms with Crippen molar-refractivity contribution < 1.29 is 4.74 Å². The lowest BCUT2D eigenvalue weighted by molar-refractivity contribution is 0.179. The molecule has 0 aromatic heterocycles. The van der Waals surface area contributed by atoms with Crippen molar-refractivity contribution in [3.8, 4) is 5.75 Å². The van der Waals surface area contributed by atoms with Gasteiger partial charge < -0.3 is 15.0 Å². The van der Waals surface area contributed by atoms with Crippen molar-refractivity contribution >= 4 is 0 Å². The highest BCUT2D eigenvalue weighted by molar-refractivity contribution is 5.37. The van der Waals surface area contributed by atoms with Crippen LogP contribution in [0.5, 0.6) is 5.75 Å². The average Bonchev–Trinajstić information content (AvgIpc) is 2.69. The van der Waals surface area contributed by atoms with E-state index in [1.807, 2.05) is 0 Å². The fourth-order valence-corrected chi connectivity index (χ4v) is 4.05. The maximum absolute atomic E-state index is 5.79. The summed E-state index contributed by atoms with van der Waals surface area (Å²) in [5.41, 5.74) is 2.78. The first-order valence-corrected chi connectivity index (χ1v) is 9.62. The molecule has 2 aromatic rings. The molecule has 2 aromatic carbocycles. The van der Waals surface area contributed by atoms with E-state index in [1.54, 1.807) is 0 Å². The molecule has 1 N–H and O–H groups in total. The van der Waals surface area contributed by atoms with Crippen molar-refractivity contribution in [3.63, 3.8) is 0 Å². The third-order valence-corrected chi connectivity index (χ3v) is 5.54. The number of benzene rings is 2. The Balaban J connectivity index is 1.26. The van der Waals surface area contributed by atoms with Crippen LogP contribution in [0.3, 0.4) is 0 Å². The van der Waals surface area contributed by atoms with Gasteiger partial charge >= 0.3 is 0 Å². The number of ether oxygens (including phenoxy) is 1. The Morgan fingerprint density at radius 2 is 1.68 bits per heavy atom. The number of nitrogens with one attached hydrogen (secondary N) is 1. The van der Waals surface area contributed by atoms with Gasteiger partial charge in [0.15, 0.2) is 0 Å². The highest BCUT2D eigenvalue weighted by Gasteiger charge is 2.26. The van der Waals surface area contributed by atoms with E-state index >= 15 is 0 Å². The Bertz CT molecular complexity index is 665. The minimum absolute atomic E-state index is 0.450. The molecule has 1 atom stereocenters. The second-order valence-corrected chi connectivity index (χ2v) is 7.25. The van der Waals surface area contributed by atoms with Crippen LogP contribution in [0.2, 0.25) is 0 Å². The van der Waals surface area contributed by atoms with E-state index in [0.29, 0.717) is 12.1 Å². The average molecular weight is 336 g/mol. The van der Waals surface area contributed by atoms with Crippen LogP contribution in [0.4, 0.5) is 0 Å². The molecule has 0 aliphatic carbocycles. The molecule has 0 bridgehead atoms. The third kappa shape index (κ3) is 4.23. The molecule has 3 heteroatoms. The van der Waals surface area contributed by atoms with E-state index < -0.39 is 0 Å². The molecule has 0 saturated carbocycles. The number of hydrogen-bond donors (Lipinski definition) is 1. The summed E-state index contributed by atoms with van der Waals surface area (Å²) in [7, 11) is 0. The summed E-state index contributed by atoms with van der Waals surface area (Å²) < 4.78 is 5.79. The number of fused-ring (bicyclic) bond motifs is 1. The quantitative estimate of drug-likeness (QED) is 0.899. The van der Waals surface area contributed by atoms with Gasteiger partial charge in [0.25, 0.3) is 0 Å². The largest absolute Gasteiger partial charge is 0.493 e. The zero-order valence-electron chi connectivity index (χ0n) is 14.9. The van der Waals surface area contributed by atoms with Gasteiger partial charge in [0, 0.05) is 30.6 Å². The standard InChI is InChI=1S/C22H28N2O/c1-2-6-18(7-3-1)10-14-24-15-11-19(12-16-24)23-21-13-17-25-22-9-5-4-8-20(21)22/h1-9,19,21,23H,10-17H2. The van der Waals surface area contributed by atoms with Crippen molar-refractivity contribution in [2.24, 2.45) is 0 Å². The summed E-state index contributed by atoms with van der Waals surface area (Å²) in [6, 6.07) is 20.4. The van der Waals surface area contributed by atoms with Gasteiger partial charge in [-0.05, 0) is 44.0 Å². The van der Waals surface area contributed by atoms with Crippen molar-refractivity contribution in [2.45, 2.75) is 37.8 Å². The summed E-state index contributed by atoms with van der Waals surface area (Å²) in [6.07, 6.45) is 4.72. The molecule has 1 unspecified atom stereocenters. The summed E-state index contributed by atoms with van der Waals surface area (Å²) in [5.74, 6) is 1.06. The number of piperidine rings is 1. The number of rotatable bonds is 5. The van der Waals surface area contributed by atoms with E-state index in [2.05, 4.69) is 64.8 Å². The summed E-state index contributed by atoms with van der Waals surface area (Å²) in [4.78, 5) is 2.61. The third-order valence-electron chi connectivity index (χ3n) is 5.54. The SMILES string of the molecule is c1ccc(CCN2CCC(NC3CCOc4ccccc43)CC2)cc1. The Morgan fingerprint density at radius 1 is 0.920 bits per heavy atom. The van der Waals surface area contributed by atoms with Crippen LogP contribution in [0.25, 0.3) is 0 Å². The zero-order valence-corrected chi connectivity index (χ0v) is 14.9. The molecule has 2 aliphatic rings. The minimum Gasteiger partial charge on any atom is -0.493 e. The van der Waals surface area contributed by atoms with Crippen LogP contribution in [-0.4, -0.2) is 37.2 Å². The van der Waals surface area contributed by atoms with Gasteiger partial charge in [-0.15, -0.1) is 0 Å². The van der Waals surface area contributed by atoms with Gasteiger partial charge in [0.05, 0.1) is 6.61 Å². The zero-order chi connectivity index (χ0) is 16.9. The van der Waals surface area contributed by atoms with Crippen molar-refractivity contribution in [3.05, 3.63) is 65.7 Å². The van der Waals surface area contributed by atoms with Crippen molar-refractivity contribution in [1.29, 1.82) is 0 Å². The molecule has 0 spiro atoms. The van der Waals surface area contributed by atoms with Gasteiger partial charge in [-0.1, -0.05) is 48.5 Å². The first-order valence-electron chi connectivity index (χ1n) is 9.62. The summed E-state index contributed by atoms with van der Waals surface area (Å²) in [6.45, 7) is 4.41. The van der Waals surface area contributed by atoms with E-state index in [-0.39, 0.29) is 0 Å². The topological polar surface area (TPSA) is 24.5 Å². The normalized spacial score (nSPS) is 21.5. The number of nitrogens with zero attached hydrogens (tertiary/aromatic N) is 1. The van der Waals surface area contributed by atoms with E-state index in [1.165, 1.54) is 43.6 Å². The monoisotopic (exact) mass is 336 g/mol. The van der Waals surface area contributed by atoms with Gasteiger partial charge in [-0.2, -0.15) is 0 Å². The smallest absolute Gasteiger partial charge is 0.124 e. The molecule has 1 saturated heterocycles. The fourth-order valence-electron chi connectivity index (χ4n) is 4.05. The lowest BCUT2D eigenvalue weighted by atomic mass is 9.97. The number of likely N-dealkylation sites (tertiary alicyclic amines) is 1. The van der Waals surface area contributed by atoms with E-state index in [9.17, 15) is 0 Å². The van der Waals surface area contributed by atoms with E-state index in [4.69, 9.17) is 4.74 Å². The number of hydrogen-bond acceptors (Lipinski definition) is 3. The predicted molar refractivity (Wildman–Crippen MR) is 102 cm³/mol. The van der Waals surface area contributed by atoms with Crippen molar-refractivity contribution in [1.82, 2.24) is 10.2 Å². The van der Waals surface area contributed by atoms with Crippen LogP contribution in [-0.2, 0) is 6.42 Å². The molecule has 2 heterocycles. The first kappa shape index (κ1) is 16.6. The van der Waals surface area contributed by atoms with E-state index in [0.717, 1.165) is 25.2 Å². The highest BCUT2D eigenvalue weighted by Crippen LogP contribution is 2.32. The molecular weight excluding hydrogens is 308 g/mol. The Labute approximate surface area is 151 Å². The molecule has 2 aliphatic heterocycles. The molecule has 25 heavy (non-hydrogen) atoms. The molecule has 0 amide bonds. The second-order valence-electron chi connectivity index (χ2n) is 7.25. The Morgan fingerprint density at radius 3 is 2.52 bits per heavy atom. The molecule has 1 fully saturated rings. The van der Waals surface area contributed by atoms with Gasteiger partial charge in [-0.3, -0.25) is 0 Å². The molecule has 4 rings (SSSR count). The van der Waals surface area contributed by atoms with Crippen LogP contribution in [0.15, 0.2) is 54.6 Å². The van der Waals surface area contributed by atoms with Crippen LogP contribution >= 0.6 is 0 Å². The second kappa shape index (κ2) is 8.03. The summed E-state index contributed by atoms with van der Waals surface area (Å²) in [5, 5.41) is 3.90. The maximum atomic E-state index is 5.79. The van der Waals surface area contributed by atoms with Crippen LogP contribution in [0.1, 0.15) is 36.4 Å². The lowest BCUT2D eigenvalue weighted by Crippen LogP contribution is -2.45. The molecule has 0 radical (unpaired) electrons. The van der Waals surface area contributed by atoms with Gasteiger partial charge in [0.1, 0.15) is 5.75 Å². The van der Waals surface area contributed by atoms with Gasteiger partial charge in [-0.25, -0.2) is 0 Å². The van der Waals surface area contributed by atoms with Crippen LogP contribution in [0, 0.1) is 0 Å². The first-order chi connectivity index (χ1) is 12.4. The minimum atomic E-state index is 0.450. The molecular formula is C22H28N2O. The summed E-state index contributed by atoms with van der Waals surface area (Å²) >= 11 is 0. The highest BCUT2D eigenvalue weighted by atomic mass is 16.5. The molecule has 3 nitrogen and oxygen atoms in total. The lowest BCUT2D eigenvalue weighted by Gasteiger charge is -2.36. The Kier molecular flexibility index (Phi) is 5.34. The van der Waals surface area contributed by atoms with Crippen LogP contribution < -0.4 is 10.1 Å². The van der Waals surface area contributed by atoms with Gasteiger partial charge in [0.2, 0.25) is 0 Å². The maximum Gasteiger partial charge on any atom is 0.124 e. The number of para-hydroxylation sites is 1. The van der Waals surface area contributed by atoms with Crippen molar-refractivity contribution in [2.75, 3.05) is 26.2 Å². The predicted octanol–water partition coefficient (Wildman–Crippen LogP) is 3.81. The Hall–Kier alpha value is -1.84. The molecule has 132 valence electrons. The fraction of sp³-hybridized carbons (Fsp3) is 0.455.